The lowest BCUT2D eigenvalue weighted by Crippen LogP contribution is -2.35. The van der Waals surface area contributed by atoms with Gasteiger partial charge in [0.2, 0.25) is 0 Å². The Morgan fingerprint density at radius 2 is 1.40 bits per heavy atom. The zero-order valence-corrected chi connectivity index (χ0v) is 16.2. The second kappa shape index (κ2) is 8.22. The molecular weight excluding hydrogens is 304 g/mol. The average Bonchev–Trinajstić information content (AvgIpc) is 3.06. The van der Waals surface area contributed by atoms with Crippen LogP contribution in [0.4, 0.5) is 0 Å². The summed E-state index contributed by atoms with van der Waals surface area (Å²) in [6.45, 7) is 7.56. The molecule has 4 rings (SSSR count). The lowest BCUT2D eigenvalue weighted by atomic mass is 9.98. The van der Waals surface area contributed by atoms with Crippen LogP contribution in [-0.2, 0) is 6.42 Å². The van der Waals surface area contributed by atoms with Crippen LogP contribution >= 0.6 is 0 Å². The monoisotopic (exact) mass is 340 g/mol. The molecule has 0 amide bonds. The predicted octanol–water partition coefficient (Wildman–Crippen LogP) is 5.49. The van der Waals surface area contributed by atoms with Gasteiger partial charge in [0.1, 0.15) is 0 Å². The van der Waals surface area contributed by atoms with Crippen LogP contribution in [0.5, 0.6) is 0 Å². The third-order valence-electron chi connectivity index (χ3n) is 6.80. The SMILES string of the molecule is CCCCc1ccc2c(c1)C(N1CCCCC1)CC2N1CCCCC1. The fraction of sp³-hybridized carbons (Fsp3) is 0.739. The minimum Gasteiger partial charge on any atom is -0.296 e. The molecular formula is C23H36N2. The molecule has 3 aliphatic rings. The number of piperidine rings is 2. The molecule has 0 radical (unpaired) electrons. The van der Waals surface area contributed by atoms with Crippen molar-refractivity contribution in [3.05, 3.63) is 34.9 Å². The maximum atomic E-state index is 2.82. The van der Waals surface area contributed by atoms with Crippen LogP contribution < -0.4 is 0 Å². The van der Waals surface area contributed by atoms with Gasteiger partial charge in [-0.05, 0) is 87.8 Å². The number of aryl methyl sites for hydroxylation is 1. The zero-order valence-electron chi connectivity index (χ0n) is 16.2. The summed E-state index contributed by atoms with van der Waals surface area (Å²) >= 11 is 0. The normalized spacial score (nSPS) is 28.2. The summed E-state index contributed by atoms with van der Waals surface area (Å²) in [6, 6.07) is 8.90. The molecule has 138 valence electrons. The van der Waals surface area contributed by atoms with Gasteiger partial charge in [-0.1, -0.05) is 44.4 Å². The second-order valence-corrected chi connectivity index (χ2v) is 8.53. The lowest BCUT2D eigenvalue weighted by Gasteiger charge is -2.35. The molecule has 1 aromatic rings. The fourth-order valence-electron chi connectivity index (χ4n) is 5.37. The van der Waals surface area contributed by atoms with E-state index in [1.165, 1.54) is 90.4 Å². The molecule has 2 fully saturated rings. The smallest absolute Gasteiger partial charge is 0.0369 e. The number of unbranched alkanes of at least 4 members (excludes halogenated alkanes) is 1. The number of hydrogen-bond donors (Lipinski definition) is 0. The highest BCUT2D eigenvalue weighted by Gasteiger charge is 2.38. The lowest BCUT2D eigenvalue weighted by molar-refractivity contribution is 0.114. The number of benzene rings is 1. The van der Waals surface area contributed by atoms with Crippen LogP contribution in [0.2, 0.25) is 0 Å². The van der Waals surface area contributed by atoms with E-state index >= 15 is 0 Å². The Morgan fingerprint density at radius 1 is 0.800 bits per heavy atom. The predicted molar refractivity (Wildman–Crippen MR) is 106 cm³/mol. The molecule has 2 nitrogen and oxygen atoms in total. The summed E-state index contributed by atoms with van der Waals surface area (Å²) in [5.74, 6) is 0. The Kier molecular flexibility index (Phi) is 5.77. The number of likely N-dealkylation sites (tertiary alicyclic amines) is 2. The highest BCUT2D eigenvalue weighted by molar-refractivity contribution is 5.41. The van der Waals surface area contributed by atoms with Gasteiger partial charge in [0, 0.05) is 12.1 Å². The molecule has 25 heavy (non-hydrogen) atoms. The molecule has 0 bridgehead atoms. The van der Waals surface area contributed by atoms with Gasteiger partial charge in [-0.15, -0.1) is 0 Å². The van der Waals surface area contributed by atoms with Crippen molar-refractivity contribution < 1.29 is 0 Å². The number of fused-ring (bicyclic) bond motifs is 1. The van der Waals surface area contributed by atoms with E-state index in [9.17, 15) is 0 Å². The molecule has 2 unspecified atom stereocenters. The third-order valence-corrected chi connectivity index (χ3v) is 6.80. The van der Waals surface area contributed by atoms with Crippen LogP contribution in [0, 0.1) is 0 Å². The van der Waals surface area contributed by atoms with Crippen LogP contribution in [0.3, 0.4) is 0 Å². The number of hydrogen-bond acceptors (Lipinski definition) is 2. The van der Waals surface area contributed by atoms with Gasteiger partial charge in [-0.3, -0.25) is 9.80 Å². The topological polar surface area (TPSA) is 6.48 Å². The maximum absolute atomic E-state index is 2.82. The van der Waals surface area contributed by atoms with Gasteiger partial charge < -0.3 is 0 Å². The quantitative estimate of drug-likeness (QED) is 0.699. The van der Waals surface area contributed by atoms with E-state index in [1.54, 1.807) is 16.7 Å². The molecule has 0 saturated carbocycles. The molecule has 1 aliphatic carbocycles. The van der Waals surface area contributed by atoms with Gasteiger partial charge in [0.25, 0.3) is 0 Å². The average molecular weight is 341 g/mol. The Hall–Kier alpha value is -0.860. The number of nitrogens with zero attached hydrogens (tertiary/aromatic N) is 2. The van der Waals surface area contributed by atoms with Crippen LogP contribution in [0.15, 0.2) is 18.2 Å². The molecule has 0 spiro atoms. The minimum absolute atomic E-state index is 0.683. The van der Waals surface area contributed by atoms with E-state index in [4.69, 9.17) is 0 Å². The maximum Gasteiger partial charge on any atom is 0.0369 e. The third kappa shape index (κ3) is 3.80. The van der Waals surface area contributed by atoms with E-state index in [0.29, 0.717) is 12.1 Å². The Labute approximate surface area is 154 Å². The molecule has 0 N–H and O–H groups in total. The van der Waals surface area contributed by atoms with Crippen molar-refractivity contribution in [1.82, 2.24) is 9.80 Å². The summed E-state index contributed by atoms with van der Waals surface area (Å²) in [5, 5.41) is 0. The van der Waals surface area contributed by atoms with E-state index in [1.807, 2.05) is 0 Å². The first-order valence-electron chi connectivity index (χ1n) is 11.0. The van der Waals surface area contributed by atoms with Crippen molar-refractivity contribution in [2.45, 2.75) is 83.2 Å². The molecule has 2 heterocycles. The van der Waals surface area contributed by atoms with Crippen molar-refractivity contribution in [2.24, 2.45) is 0 Å². The summed E-state index contributed by atoms with van der Waals surface area (Å²) in [4.78, 5) is 5.62. The number of rotatable bonds is 5. The first kappa shape index (κ1) is 17.5. The fourth-order valence-corrected chi connectivity index (χ4v) is 5.37. The molecule has 0 aromatic heterocycles. The van der Waals surface area contributed by atoms with Crippen molar-refractivity contribution >= 4 is 0 Å². The Balaban J connectivity index is 1.60. The minimum atomic E-state index is 0.683. The van der Waals surface area contributed by atoms with Gasteiger partial charge in [0.15, 0.2) is 0 Å². The van der Waals surface area contributed by atoms with Crippen LogP contribution in [0.25, 0.3) is 0 Å². The highest BCUT2D eigenvalue weighted by atomic mass is 15.2. The first-order valence-corrected chi connectivity index (χ1v) is 11.0. The second-order valence-electron chi connectivity index (χ2n) is 8.53. The van der Waals surface area contributed by atoms with E-state index < -0.39 is 0 Å². The summed E-state index contributed by atoms with van der Waals surface area (Å²) < 4.78 is 0. The molecule has 1 aromatic carbocycles. The molecule has 2 saturated heterocycles. The van der Waals surface area contributed by atoms with Crippen LogP contribution in [-0.4, -0.2) is 36.0 Å². The molecule has 2 aliphatic heterocycles. The van der Waals surface area contributed by atoms with Crippen molar-refractivity contribution in [2.75, 3.05) is 26.2 Å². The Morgan fingerprint density at radius 3 is 2.00 bits per heavy atom. The van der Waals surface area contributed by atoms with Crippen LogP contribution in [0.1, 0.15) is 93.5 Å². The molecule has 2 heteroatoms. The summed E-state index contributed by atoms with van der Waals surface area (Å²) in [7, 11) is 0. The van der Waals surface area contributed by atoms with Gasteiger partial charge in [-0.25, -0.2) is 0 Å². The largest absolute Gasteiger partial charge is 0.296 e. The zero-order chi connectivity index (χ0) is 17.1. The van der Waals surface area contributed by atoms with E-state index in [2.05, 4.69) is 34.9 Å². The van der Waals surface area contributed by atoms with Gasteiger partial charge in [0.05, 0.1) is 0 Å². The van der Waals surface area contributed by atoms with Gasteiger partial charge >= 0.3 is 0 Å². The summed E-state index contributed by atoms with van der Waals surface area (Å²) in [5.41, 5.74) is 4.92. The highest BCUT2D eigenvalue weighted by Crippen LogP contribution is 2.46. The summed E-state index contributed by atoms with van der Waals surface area (Å²) in [6.07, 6.45) is 13.7. The van der Waals surface area contributed by atoms with E-state index in [-0.39, 0.29) is 0 Å². The first-order chi connectivity index (χ1) is 12.4. The van der Waals surface area contributed by atoms with Crippen molar-refractivity contribution in [3.8, 4) is 0 Å². The van der Waals surface area contributed by atoms with Gasteiger partial charge in [-0.2, -0.15) is 0 Å². The van der Waals surface area contributed by atoms with Crippen molar-refractivity contribution in [1.29, 1.82) is 0 Å². The molecule has 2 atom stereocenters. The van der Waals surface area contributed by atoms with Crippen molar-refractivity contribution in [3.63, 3.8) is 0 Å². The van der Waals surface area contributed by atoms with E-state index in [0.717, 1.165) is 0 Å². The standard InChI is InChI=1S/C23H36N2/c1-2-3-10-19-11-12-20-21(17-19)23(25-15-8-5-9-16-25)18-22(20)24-13-6-4-7-14-24/h11-12,17,22-23H,2-10,13-16,18H2,1H3. The Bertz CT molecular complexity index is 555.